The molecule has 3 aromatic rings. The largest absolute Gasteiger partial charge is 0.493 e. The number of nitrogens with zero attached hydrogens (tertiary/aromatic N) is 1. The quantitative estimate of drug-likeness (QED) is 0.463. The molecule has 2 unspecified atom stereocenters. The topological polar surface area (TPSA) is 70.2 Å². The van der Waals surface area contributed by atoms with Crippen molar-refractivity contribution in [3.05, 3.63) is 54.2 Å². The lowest BCUT2D eigenvalue weighted by Gasteiger charge is -2.41. The number of fused-ring (bicyclic) bond motifs is 2. The summed E-state index contributed by atoms with van der Waals surface area (Å²) in [5, 5.41) is 20.9. The van der Waals surface area contributed by atoms with E-state index in [4.69, 9.17) is 4.74 Å². The number of hydrogen-bond donors (Lipinski definition) is 4. The van der Waals surface area contributed by atoms with Crippen molar-refractivity contribution in [1.29, 1.82) is 0 Å². The van der Waals surface area contributed by atoms with Gasteiger partial charge in [-0.15, -0.1) is 0 Å². The van der Waals surface area contributed by atoms with Crippen molar-refractivity contribution in [3.8, 4) is 5.75 Å². The number of nitrogens with one attached hydrogen (secondary N) is 2. The SMILES string of the molecule is OC(CNc1cccc2[nH]ncc12)(CC1(S)CCOc2ccccc21)C(F)(F)F. The molecular formula is C20H20F3N3O2S. The third kappa shape index (κ3) is 3.64. The molecule has 1 aliphatic heterocycles. The van der Waals surface area contributed by atoms with E-state index in [1.165, 1.54) is 6.20 Å². The molecule has 0 amide bonds. The molecule has 2 heterocycles. The lowest BCUT2D eigenvalue weighted by Crippen LogP contribution is -2.54. The third-order valence-electron chi connectivity index (χ3n) is 5.33. The Kier molecular flexibility index (Phi) is 4.90. The van der Waals surface area contributed by atoms with Crippen LogP contribution in [-0.2, 0) is 4.75 Å². The Morgan fingerprint density at radius 2 is 2.00 bits per heavy atom. The number of H-pyrrole nitrogens is 1. The van der Waals surface area contributed by atoms with Crippen molar-refractivity contribution in [1.82, 2.24) is 10.2 Å². The van der Waals surface area contributed by atoms with Crippen molar-refractivity contribution in [3.63, 3.8) is 0 Å². The van der Waals surface area contributed by atoms with Crippen LogP contribution in [0.2, 0.25) is 0 Å². The van der Waals surface area contributed by atoms with Gasteiger partial charge in [0.15, 0.2) is 5.60 Å². The fourth-order valence-corrected chi connectivity index (χ4v) is 4.27. The van der Waals surface area contributed by atoms with Gasteiger partial charge >= 0.3 is 6.18 Å². The number of aromatic amines is 1. The highest BCUT2D eigenvalue weighted by Gasteiger charge is 2.57. The summed E-state index contributed by atoms with van der Waals surface area (Å²) in [6.45, 7) is -0.484. The summed E-state index contributed by atoms with van der Waals surface area (Å²) in [6.07, 6.45) is -3.68. The standard InChI is InChI=1S/C20H20F3N3O2S/c21-20(22,23)19(27,12-24-15-5-3-6-16-13(15)10-25-26-16)11-18(29)8-9-28-17-7-2-1-4-14(17)18/h1-7,10,24,27,29H,8-9,11-12H2,(H,25,26). The van der Waals surface area contributed by atoms with Gasteiger partial charge in [-0.25, -0.2) is 0 Å². The number of hydrogen-bond acceptors (Lipinski definition) is 5. The van der Waals surface area contributed by atoms with Crippen LogP contribution < -0.4 is 10.1 Å². The van der Waals surface area contributed by atoms with Crippen molar-refractivity contribution in [2.75, 3.05) is 18.5 Å². The maximum atomic E-state index is 14.0. The molecule has 0 radical (unpaired) electrons. The Morgan fingerprint density at radius 3 is 2.79 bits per heavy atom. The monoisotopic (exact) mass is 423 g/mol. The van der Waals surface area contributed by atoms with Gasteiger partial charge in [0.1, 0.15) is 5.75 Å². The smallest absolute Gasteiger partial charge is 0.418 e. The van der Waals surface area contributed by atoms with Crippen LogP contribution in [-0.4, -0.2) is 40.2 Å². The molecule has 5 nitrogen and oxygen atoms in total. The van der Waals surface area contributed by atoms with Crippen LogP contribution in [0, 0.1) is 0 Å². The zero-order chi connectivity index (χ0) is 20.7. The van der Waals surface area contributed by atoms with Crippen LogP contribution in [0.5, 0.6) is 5.75 Å². The Hall–Kier alpha value is -2.39. The van der Waals surface area contributed by atoms with E-state index in [0.717, 1.165) is 0 Å². The molecule has 29 heavy (non-hydrogen) atoms. The molecule has 1 aliphatic rings. The van der Waals surface area contributed by atoms with Gasteiger partial charge in [-0.1, -0.05) is 24.3 Å². The van der Waals surface area contributed by atoms with Gasteiger partial charge in [0.2, 0.25) is 0 Å². The Labute approximate surface area is 170 Å². The van der Waals surface area contributed by atoms with Crippen LogP contribution in [0.4, 0.5) is 18.9 Å². The summed E-state index contributed by atoms with van der Waals surface area (Å²) in [5.74, 6) is 0.495. The second-order valence-electron chi connectivity index (χ2n) is 7.32. The molecule has 9 heteroatoms. The molecule has 4 rings (SSSR count). The van der Waals surface area contributed by atoms with Gasteiger partial charge in [-0.3, -0.25) is 5.10 Å². The Morgan fingerprint density at radius 1 is 1.21 bits per heavy atom. The molecule has 0 bridgehead atoms. The first-order chi connectivity index (χ1) is 13.7. The number of para-hydroxylation sites is 1. The van der Waals surface area contributed by atoms with E-state index >= 15 is 0 Å². The molecule has 0 saturated heterocycles. The van der Waals surface area contributed by atoms with Crippen LogP contribution in [0.3, 0.4) is 0 Å². The van der Waals surface area contributed by atoms with Crippen molar-refractivity contribution in [2.24, 2.45) is 0 Å². The minimum Gasteiger partial charge on any atom is -0.493 e. The van der Waals surface area contributed by atoms with Gasteiger partial charge in [0.25, 0.3) is 0 Å². The molecule has 0 aliphatic carbocycles. The number of halogens is 3. The highest BCUT2D eigenvalue weighted by atomic mass is 32.1. The van der Waals surface area contributed by atoms with Crippen molar-refractivity contribution in [2.45, 2.75) is 29.4 Å². The van der Waals surface area contributed by atoms with Gasteiger partial charge in [0, 0.05) is 34.2 Å². The maximum absolute atomic E-state index is 14.0. The second kappa shape index (κ2) is 7.14. The van der Waals surface area contributed by atoms with Crippen LogP contribution in [0.15, 0.2) is 48.7 Å². The van der Waals surface area contributed by atoms with E-state index in [1.54, 1.807) is 42.5 Å². The fourth-order valence-electron chi connectivity index (χ4n) is 3.74. The predicted molar refractivity (Wildman–Crippen MR) is 107 cm³/mol. The first kappa shape index (κ1) is 19.9. The van der Waals surface area contributed by atoms with E-state index < -0.39 is 29.5 Å². The highest BCUT2D eigenvalue weighted by Crippen LogP contribution is 2.49. The number of aromatic nitrogens is 2. The summed E-state index contributed by atoms with van der Waals surface area (Å²) in [7, 11) is 0. The summed E-state index contributed by atoms with van der Waals surface area (Å²) >= 11 is 4.60. The van der Waals surface area contributed by atoms with Gasteiger partial charge < -0.3 is 15.2 Å². The van der Waals surface area contributed by atoms with Crippen LogP contribution in [0.1, 0.15) is 18.4 Å². The second-order valence-corrected chi connectivity index (χ2v) is 8.18. The fraction of sp³-hybridized carbons (Fsp3) is 0.350. The highest BCUT2D eigenvalue weighted by molar-refractivity contribution is 7.81. The molecule has 1 aromatic heterocycles. The minimum absolute atomic E-state index is 0.232. The number of alkyl halides is 3. The van der Waals surface area contributed by atoms with E-state index in [1.807, 2.05) is 0 Å². The van der Waals surface area contributed by atoms with E-state index in [2.05, 4.69) is 28.1 Å². The van der Waals surface area contributed by atoms with E-state index in [9.17, 15) is 18.3 Å². The molecule has 2 atom stereocenters. The average molecular weight is 423 g/mol. The molecule has 0 saturated carbocycles. The van der Waals surface area contributed by atoms with E-state index in [0.29, 0.717) is 27.9 Å². The van der Waals surface area contributed by atoms with Gasteiger partial charge in [0.05, 0.1) is 24.9 Å². The third-order valence-corrected chi connectivity index (χ3v) is 5.95. The molecule has 154 valence electrons. The van der Waals surface area contributed by atoms with Gasteiger partial charge in [-0.2, -0.15) is 30.9 Å². The van der Waals surface area contributed by atoms with E-state index in [-0.39, 0.29) is 13.0 Å². The van der Waals surface area contributed by atoms with Crippen molar-refractivity contribution >= 4 is 29.2 Å². The molecular weight excluding hydrogens is 403 g/mol. The molecule has 0 fully saturated rings. The molecule has 2 aromatic carbocycles. The summed E-state index contributed by atoms with van der Waals surface area (Å²) in [6, 6.07) is 12.0. The lowest BCUT2D eigenvalue weighted by atomic mass is 9.81. The minimum atomic E-state index is -4.85. The van der Waals surface area contributed by atoms with Gasteiger partial charge in [-0.05, 0) is 18.2 Å². The first-order valence-corrected chi connectivity index (χ1v) is 9.56. The normalized spacial score (nSPS) is 21.3. The van der Waals surface area contributed by atoms with Crippen LogP contribution >= 0.6 is 12.6 Å². The first-order valence-electron chi connectivity index (χ1n) is 9.12. The molecule has 0 spiro atoms. The zero-order valence-corrected chi connectivity index (χ0v) is 16.2. The number of anilines is 1. The maximum Gasteiger partial charge on any atom is 0.418 e. The summed E-state index contributed by atoms with van der Waals surface area (Å²) < 4.78 is 46.3. The van der Waals surface area contributed by atoms with Crippen LogP contribution in [0.25, 0.3) is 10.9 Å². The zero-order valence-electron chi connectivity index (χ0n) is 15.3. The predicted octanol–water partition coefficient (Wildman–Crippen LogP) is 4.27. The lowest BCUT2D eigenvalue weighted by molar-refractivity contribution is -0.259. The average Bonchev–Trinajstić information content (AvgIpc) is 3.15. The number of aliphatic hydroxyl groups is 1. The summed E-state index contributed by atoms with van der Waals surface area (Å²) in [4.78, 5) is 0. The number of rotatable bonds is 5. The van der Waals surface area contributed by atoms with Crippen molar-refractivity contribution < 1.29 is 23.0 Å². The Bertz CT molecular complexity index is 1030. The molecule has 3 N–H and O–H groups in total. The summed E-state index contributed by atoms with van der Waals surface area (Å²) in [5.41, 5.74) is -1.30. The Balaban J connectivity index is 1.63. The number of thiol groups is 1. The number of ether oxygens (including phenoxy) is 1. The number of benzene rings is 2.